The van der Waals surface area contributed by atoms with E-state index in [0.29, 0.717) is 12.4 Å². The average Bonchev–Trinajstić information content (AvgIpc) is 1.98. The Labute approximate surface area is 66.4 Å². The van der Waals surface area contributed by atoms with Crippen LogP contribution in [0.2, 0.25) is 0 Å². The smallest absolute Gasteiger partial charge is 0.310 e. The van der Waals surface area contributed by atoms with Crippen molar-refractivity contribution in [2.45, 2.75) is 13.8 Å². The average molecular weight is 158 g/mol. The summed E-state index contributed by atoms with van der Waals surface area (Å²) in [6.45, 7) is 3.83. The van der Waals surface area contributed by atoms with Crippen LogP contribution in [0.4, 0.5) is 0 Å². The number of hydrogen-bond acceptors (Lipinski definition) is 3. The molecule has 0 saturated heterocycles. The first-order chi connectivity index (χ1) is 5.07. The Bertz CT molecular complexity index is 162. The lowest BCUT2D eigenvalue weighted by Gasteiger charge is -2.04. The molecule has 0 amide bonds. The fourth-order valence-electron chi connectivity index (χ4n) is 0.557. The van der Waals surface area contributed by atoms with Gasteiger partial charge in [0.2, 0.25) is 0 Å². The van der Waals surface area contributed by atoms with E-state index in [4.69, 9.17) is 5.73 Å². The van der Waals surface area contributed by atoms with Crippen LogP contribution in [0, 0.1) is 5.92 Å². The van der Waals surface area contributed by atoms with Gasteiger partial charge in [-0.05, 0) is 6.92 Å². The number of amidine groups is 1. The lowest BCUT2D eigenvalue weighted by Crippen LogP contribution is -2.17. The normalized spacial score (nSPS) is 14.3. The van der Waals surface area contributed by atoms with Gasteiger partial charge in [-0.2, -0.15) is 0 Å². The van der Waals surface area contributed by atoms with Gasteiger partial charge in [-0.25, -0.2) is 0 Å². The molecule has 0 aromatic heterocycles. The van der Waals surface area contributed by atoms with Crippen LogP contribution in [0.1, 0.15) is 13.8 Å². The first-order valence-electron chi connectivity index (χ1n) is 3.42. The minimum Gasteiger partial charge on any atom is -0.469 e. The van der Waals surface area contributed by atoms with Gasteiger partial charge < -0.3 is 10.5 Å². The van der Waals surface area contributed by atoms with Crippen molar-refractivity contribution in [3.8, 4) is 0 Å². The first-order valence-corrected chi connectivity index (χ1v) is 3.42. The molecule has 0 aromatic rings. The molecule has 4 nitrogen and oxygen atoms in total. The van der Waals surface area contributed by atoms with Gasteiger partial charge in [-0.3, -0.25) is 9.79 Å². The highest BCUT2D eigenvalue weighted by Crippen LogP contribution is 1.97. The SMILES string of the molecule is COC(=O)C(C)CN=C(C)N. The summed E-state index contributed by atoms with van der Waals surface area (Å²) in [7, 11) is 1.36. The molecule has 64 valence electrons. The predicted octanol–water partition coefficient (Wildman–Crippen LogP) is 0.173. The van der Waals surface area contributed by atoms with E-state index in [1.165, 1.54) is 7.11 Å². The zero-order valence-corrected chi connectivity index (χ0v) is 7.13. The van der Waals surface area contributed by atoms with Gasteiger partial charge in [0.25, 0.3) is 0 Å². The van der Waals surface area contributed by atoms with Crippen LogP contribution in [0.15, 0.2) is 4.99 Å². The highest BCUT2D eigenvalue weighted by molar-refractivity contribution is 5.78. The number of esters is 1. The Balaban J connectivity index is 3.78. The zero-order chi connectivity index (χ0) is 8.85. The van der Waals surface area contributed by atoms with Crippen LogP contribution in [0.5, 0.6) is 0 Å². The third kappa shape index (κ3) is 4.36. The van der Waals surface area contributed by atoms with Gasteiger partial charge in [0.1, 0.15) is 0 Å². The summed E-state index contributed by atoms with van der Waals surface area (Å²) < 4.78 is 4.50. The standard InChI is InChI=1S/C7H14N2O2/c1-5(7(10)11-3)4-9-6(2)8/h5H,4H2,1-3H3,(H2,8,9). The van der Waals surface area contributed by atoms with Gasteiger partial charge in [0.15, 0.2) is 0 Å². The van der Waals surface area contributed by atoms with E-state index < -0.39 is 0 Å². The van der Waals surface area contributed by atoms with Crippen LogP contribution < -0.4 is 5.73 Å². The van der Waals surface area contributed by atoms with Gasteiger partial charge in [-0.15, -0.1) is 0 Å². The Morgan fingerprint density at radius 1 is 1.73 bits per heavy atom. The summed E-state index contributed by atoms with van der Waals surface area (Å²) in [6.07, 6.45) is 0. The number of nitrogens with two attached hydrogens (primary N) is 1. The number of methoxy groups -OCH3 is 1. The zero-order valence-electron chi connectivity index (χ0n) is 7.13. The van der Waals surface area contributed by atoms with E-state index in [1.807, 2.05) is 0 Å². The second-order valence-electron chi connectivity index (χ2n) is 2.41. The Morgan fingerprint density at radius 3 is 2.64 bits per heavy atom. The summed E-state index contributed by atoms with van der Waals surface area (Å²) in [6, 6.07) is 0. The van der Waals surface area contributed by atoms with Gasteiger partial charge in [-0.1, -0.05) is 6.92 Å². The van der Waals surface area contributed by atoms with E-state index in [-0.39, 0.29) is 11.9 Å². The molecule has 0 aromatic carbocycles. The van der Waals surface area contributed by atoms with Crippen molar-refractivity contribution in [1.82, 2.24) is 0 Å². The lowest BCUT2D eigenvalue weighted by molar-refractivity contribution is -0.144. The second kappa shape index (κ2) is 4.71. The van der Waals surface area contributed by atoms with Crippen LogP contribution in [0.3, 0.4) is 0 Å². The topological polar surface area (TPSA) is 64.7 Å². The van der Waals surface area contributed by atoms with E-state index in [1.54, 1.807) is 13.8 Å². The predicted molar refractivity (Wildman–Crippen MR) is 43.3 cm³/mol. The highest BCUT2D eigenvalue weighted by Gasteiger charge is 2.11. The van der Waals surface area contributed by atoms with E-state index in [2.05, 4.69) is 9.73 Å². The van der Waals surface area contributed by atoms with Crippen LogP contribution >= 0.6 is 0 Å². The summed E-state index contributed by atoms with van der Waals surface area (Å²) >= 11 is 0. The van der Waals surface area contributed by atoms with Gasteiger partial charge in [0, 0.05) is 0 Å². The van der Waals surface area contributed by atoms with E-state index >= 15 is 0 Å². The van der Waals surface area contributed by atoms with Gasteiger partial charge >= 0.3 is 5.97 Å². The van der Waals surface area contributed by atoms with Gasteiger partial charge in [0.05, 0.1) is 25.4 Å². The maximum Gasteiger partial charge on any atom is 0.310 e. The van der Waals surface area contributed by atoms with E-state index in [0.717, 1.165) is 0 Å². The molecule has 4 heteroatoms. The Morgan fingerprint density at radius 2 is 2.27 bits per heavy atom. The number of carbonyl (C=O) groups excluding carboxylic acids is 1. The molecular weight excluding hydrogens is 144 g/mol. The molecule has 1 atom stereocenters. The molecular formula is C7H14N2O2. The molecule has 0 heterocycles. The molecule has 2 N–H and O–H groups in total. The quantitative estimate of drug-likeness (QED) is 0.362. The third-order valence-electron chi connectivity index (χ3n) is 1.22. The molecule has 0 bridgehead atoms. The Kier molecular flexibility index (Phi) is 4.26. The molecule has 0 aliphatic carbocycles. The highest BCUT2D eigenvalue weighted by atomic mass is 16.5. The molecule has 1 unspecified atom stereocenters. The number of ether oxygens (including phenoxy) is 1. The largest absolute Gasteiger partial charge is 0.469 e. The van der Waals surface area contributed by atoms with Crippen molar-refractivity contribution >= 4 is 11.8 Å². The van der Waals surface area contributed by atoms with Crippen molar-refractivity contribution in [1.29, 1.82) is 0 Å². The van der Waals surface area contributed by atoms with Crippen LogP contribution in [-0.2, 0) is 9.53 Å². The fraction of sp³-hybridized carbons (Fsp3) is 0.714. The molecule has 0 aliphatic rings. The number of hydrogen-bond donors (Lipinski definition) is 1. The Hall–Kier alpha value is -1.06. The molecule has 0 fully saturated rings. The summed E-state index contributed by atoms with van der Waals surface area (Å²) in [5, 5.41) is 0. The minimum absolute atomic E-state index is 0.210. The molecule has 0 rings (SSSR count). The monoisotopic (exact) mass is 158 g/mol. The molecule has 0 radical (unpaired) electrons. The van der Waals surface area contributed by atoms with E-state index in [9.17, 15) is 4.79 Å². The fourth-order valence-corrected chi connectivity index (χ4v) is 0.557. The number of rotatable bonds is 3. The first kappa shape index (κ1) is 9.94. The second-order valence-corrected chi connectivity index (χ2v) is 2.41. The maximum atomic E-state index is 10.8. The molecule has 0 saturated carbocycles. The summed E-state index contributed by atoms with van der Waals surface area (Å²) in [5.41, 5.74) is 5.28. The third-order valence-corrected chi connectivity index (χ3v) is 1.22. The summed E-state index contributed by atoms with van der Waals surface area (Å²) in [4.78, 5) is 14.7. The van der Waals surface area contributed by atoms with Crippen LogP contribution in [-0.4, -0.2) is 25.5 Å². The number of aliphatic imine (C=N–C) groups is 1. The van der Waals surface area contributed by atoms with Crippen molar-refractivity contribution in [3.05, 3.63) is 0 Å². The lowest BCUT2D eigenvalue weighted by atomic mass is 10.2. The molecule has 11 heavy (non-hydrogen) atoms. The molecule has 0 spiro atoms. The number of carbonyl (C=O) groups is 1. The van der Waals surface area contributed by atoms with Crippen molar-refractivity contribution in [2.75, 3.05) is 13.7 Å². The summed E-state index contributed by atoms with van der Waals surface area (Å²) in [5.74, 6) is 0.0225. The van der Waals surface area contributed by atoms with Crippen molar-refractivity contribution in [3.63, 3.8) is 0 Å². The maximum absolute atomic E-state index is 10.8. The van der Waals surface area contributed by atoms with Crippen molar-refractivity contribution < 1.29 is 9.53 Å². The molecule has 0 aliphatic heterocycles. The van der Waals surface area contributed by atoms with Crippen LogP contribution in [0.25, 0.3) is 0 Å². The minimum atomic E-state index is -0.255. The number of nitrogens with zero attached hydrogens (tertiary/aromatic N) is 1. The van der Waals surface area contributed by atoms with Crippen molar-refractivity contribution in [2.24, 2.45) is 16.6 Å².